The van der Waals surface area contributed by atoms with Crippen molar-refractivity contribution in [2.24, 2.45) is 0 Å². The molecule has 0 aliphatic carbocycles. The summed E-state index contributed by atoms with van der Waals surface area (Å²) >= 11 is 0. The van der Waals surface area contributed by atoms with Crippen molar-refractivity contribution in [1.82, 2.24) is 0 Å². The summed E-state index contributed by atoms with van der Waals surface area (Å²) in [5.41, 5.74) is 0. The predicted octanol–water partition coefficient (Wildman–Crippen LogP) is 16.3. The molecule has 0 heterocycles. The van der Waals surface area contributed by atoms with E-state index >= 15 is 0 Å². The molecule has 0 bridgehead atoms. The first kappa shape index (κ1) is 56.4. The zero-order valence-corrected chi connectivity index (χ0v) is 39.0. The average Bonchev–Trinajstić information content (AvgIpc) is 3.23. The highest BCUT2D eigenvalue weighted by molar-refractivity contribution is 5.71. The second-order valence-corrected chi connectivity index (χ2v) is 16.7. The van der Waals surface area contributed by atoms with Crippen molar-refractivity contribution in [2.45, 2.75) is 258 Å². The maximum atomic E-state index is 12.8. The minimum atomic E-state index is -0.780. The number of carbonyl (C=O) groups is 3. The van der Waals surface area contributed by atoms with Crippen LogP contribution in [-0.2, 0) is 28.6 Å². The summed E-state index contributed by atoms with van der Waals surface area (Å²) < 4.78 is 16.8. The van der Waals surface area contributed by atoms with Crippen molar-refractivity contribution in [2.75, 3.05) is 13.2 Å². The molecule has 0 aromatic heterocycles. The van der Waals surface area contributed by atoms with Gasteiger partial charge < -0.3 is 14.2 Å². The molecule has 0 radical (unpaired) electrons. The normalized spacial score (nSPS) is 12.4. The third-order valence-corrected chi connectivity index (χ3v) is 10.8. The van der Waals surface area contributed by atoms with E-state index in [1.807, 2.05) is 0 Å². The van der Waals surface area contributed by atoms with Crippen LogP contribution in [0.25, 0.3) is 0 Å². The molecule has 1 unspecified atom stereocenters. The molecule has 0 amide bonds. The van der Waals surface area contributed by atoms with Crippen LogP contribution in [-0.4, -0.2) is 37.2 Å². The number of carbonyl (C=O) groups excluding carboxylic acids is 3. The van der Waals surface area contributed by atoms with E-state index in [4.69, 9.17) is 14.2 Å². The highest BCUT2D eigenvalue weighted by atomic mass is 16.6. The molecule has 0 aromatic carbocycles. The molecule has 0 aliphatic heterocycles. The highest BCUT2D eigenvalue weighted by Crippen LogP contribution is 2.14. The van der Waals surface area contributed by atoms with Gasteiger partial charge in [0.2, 0.25) is 0 Å². The van der Waals surface area contributed by atoms with Crippen molar-refractivity contribution in [3.8, 4) is 0 Å². The minimum absolute atomic E-state index is 0.0806. The molecule has 0 aliphatic rings. The second-order valence-electron chi connectivity index (χ2n) is 16.7. The molecule has 59 heavy (non-hydrogen) atoms. The second kappa shape index (κ2) is 48.0. The SMILES string of the molecule is CC/C=C\C/C=C\CCCCCCCCCC(=O)OC(COC(=O)CCCCCCC/C=C\CCCCC)COC(=O)CCCCCCCCC/C=C\CCCCCC. The Kier molecular flexibility index (Phi) is 45.9. The summed E-state index contributed by atoms with van der Waals surface area (Å²) in [6, 6.07) is 0. The van der Waals surface area contributed by atoms with Crippen molar-refractivity contribution in [3.05, 3.63) is 48.6 Å². The number of allylic oxidation sites excluding steroid dienone is 8. The molecule has 1 atom stereocenters. The van der Waals surface area contributed by atoms with Crippen molar-refractivity contribution in [3.63, 3.8) is 0 Å². The largest absolute Gasteiger partial charge is 0.462 e. The van der Waals surface area contributed by atoms with E-state index in [-0.39, 0.29) is 31.1 Å². The lowest BCUT2D eigenvalue weighted by Gasteiger charge is -2.18. The van der Waals surface area contributed by atoms with Gasteiger partial charge in [-0.1, -0.05) is 185 Å². The van der Waals surface area contributed by atoms with Crippen molar-refractivity contribution < 1.29 is 28.6 Å². The van der Waals surface area contributed by atoms with E-state index in [2.05, 4.69) is 69.4 Å². The summed E-state index contributed by atoms with van der Waals surface area (Å²) in [6.07, 6.45) is 56.6. The molecular formula is C53H94O6. The van der Waals surface area contributed by atoms with Gasteiger partial charge in [0.15, 0.2) is 6.10 Å². The Labute approximate surface area is 365 Å². The molecule has 0 fully saturated rings. The number of hydrogen-bond donors (Lipinski definition) is 0. The Bertz CT molecular complexity index is 1040. The maximum absolute atomic E-state index is 12.8. The van der Waals surface area contributed by atoms with Crippen molar-refractivity contribution in [1.29, 1.82) is 0 Å². The molecule has 0 aromatic rings. The van der Waals surface area contributed by atoms with Gasteiger partial charge >= 0.3 is 17.9 Å². The van der Waals surface area contributed by atoms with E-state index in [1.54, 1.807) is 0 Å². The molecular weight excluding hydrogens is 733 g/mol. The third kappa shape index (κ3) is 46.3. The smallest absolute Gasteiger partial charge is 0.306 e. The number of unbranched alkanes of at least 4 members (excludes halogenated alkanes) is 26. The van der Waals surface area contributed by atoms with Gasteiger partial charge in [0.1, 0.15) is 13.2 Å². The van der Waals surface area contributed by atoms with E-state index in [1.165, 1.54) is 128 Å². The average molecular weight is 827 g/mol. The molecule has 0 saturated carbocycles. The Morgan fingerprint density at radius 1 is 0.356 bits per heavy atom. The molecule has 342 valence electrons. The minimum Gasteiger partial charge on any atom is -0.462 e. The van der Waals surface area contributed by atoms with Gasteiger partial charge in [0.25, 0.3) is 0 Å². The van der Waals surface area contributed by atoms with Gasteiger partial charge in [-0.3, -0.25) is 14.4 Å². The number of ether oxygens (including phenoxy) is 3. The van der Waals surface area contributed by atoms with Gasteiger partial charge in [0, 0.05) is 19.3 Å². The standard InChI is InChI=1S/C53H94O6/c1-4-7-10-13-16-19-22-25-27-29-31-34-37-40-43-46-52(55)58-49-50(48-57-51(54)45-42-39-36-33-30-24-21-18-15-12-9-6-3)59-53(56)47-44-41-38-35-32-28-26-23-20-17-14-11-8-5-2/h8,11,17-22,50H,4-7,9-10,12-16,23-49H2,1-3H3/b11-8-,20-17-,21-18-,22-19-. The Morgan fingerprint density at radius 2 is 0.661 bits per heavy atom. The quantitative estimate of drug-likeness (QED) is 0.0263. The third-order valence-electron chi connectivity index (χ3n) is 10.8. The van der Waals surface area contributed by atoms with E-state index in [0.29, 0.717) is 19.3 Å². The van der Waals surface area contributed by atoms with Gasteiger partial charge in [-0.05, 0) is 96.3 Å². The Morgan fingerprint density at radius 3 is 1.07 bits per heavy atom. The van der Waals surface area contributed by atoms with Crippen LogP contribution in [0.2, 0.25) is 0 Å². The lowest BCUT2D eigenvalue weighted by atomic mass is 10.1. The fraction of sp³-hybridized carbons (Fsp3) is 0.792. The van der Waals surface area contributed by atoms with Gasteiger partial charge in [-0.25, -0.2) is 0 Å². The van der Waals surface area contributed by atoms with Crippen LogP contribution in [0.3, 0.4) is 0 Å². The fourth-order valence-electron chi connectivity index (χ4n) is 7.00. The zero-order chi connectivity index (χ0) is 43.0. The monoisotopic (exact) mass is 827 g/mol. The lowest BCUT2D eigenvalue weighted by Crippen LogP contribution is -2.30. The lowest BCUT2D eigenvalue weighted by molar-refractivity contribution is -0.167. The number of rotatable bonds is 45. The van der Waals surface area contributed by atoms with E-state index < -0.39 is 6.10 Å². The first-order valence-corrected chi connectivity index (χ1v) is 25.1. The number of hydrogen-bond acceptors (Lipinski definition) is 6. The summed E-state index contributed by atoms with van der Waals surface area (Å²) in [5.74, 6) is -0.898. The van der Waals surface area contributed by atoms with Crippen LogP contribution in [0.15, 0.2) is 48.6 Å². The maximum Gasteiger partial charge on any atom is 0.306 e. The fourth-order valence-corrected chi connectivity index (χ4v) is 7.00. The zero-order valence-electron chi connectivity index (χ0n) is 39.0. The first-order valence-electron chi connectivity index (χ1n) is 25.1. The summed E-state index contributed by atoms with van der Waals surface area (Å²) in [4.78, 5) is 37.9. The van der Waals surface area contributed by atoms with Crippen LogP contribution in [0.4, 0.5) is 0 Å². The molecule has 0 N–H and O–H groups in total. The summed E-state index contributed by atoms with van der Waals surface area (Å²) in [7, 11) is 0. The van der Waals surface area contributed by atoms with Gasteiger partial charge in [0.05, 0.1) is 0 Å². The number of esters is 3. The topological polar surface area (TPSA) is 78.9 Å². The molecule has 0 saturated heterocycles. The summed E-state index contributed by atoms with van der Waals surface area (Å²) in [6.45, 7) is 6.48. The van der Waals surface area contributed by atoms with Crippen LogP contribution in [0.5, 0.6) is 0 Å². The first-order chi connectivity index (χ1) is 29.0. The van der Waals surface area contributed by atoms with Crippen LogP contribution in [0, 0.1) is 0 Å². The molecule has 0 rings (SSSR count). The highest BCUT2D eigenvalue weighted by Gasteiger charge is 2.19. The molecule has 6 heteroatoms. The van der Waals surface area contributed by atoms with Gasteiger partial charge in [-0.15, -0.1) is 0 Å². The van der Waals surface area contributed by atoms with Crippen molar-refractivity contribution >= 4 is 17.9 Å². The Balaban J connectivity index is 4.39. The summed E-state index contributed by atoms with van der Waals surface area (Å²) in [5, 5.41) is 0. The molecule has 6 nitrogen and oxygen atoms in total. The van der Waals surface area contributed by atoms with Crippen LogP contribution >= 0.6 is 0 Å². The molecule has 0 spiro atoms. The Hall–Kier alpha value is -2.63. The van der Waals surface area contributed by atoms with E-state index in [0.717, 1.165) is 83.5 Å². The predicted molar refractivity (Wildman–Crippen MR) is 252 cm³/mol. The van der Waals surface area contributed by atoms with Gasteiger partial charge in [-0.2, -0.15) is 0 Å². The van der Waals surface area contributed by atoms with Crippen LogP contribution in [0.1, 0.15) is 252 Å². The van der Waals surface area contributed by atoms with E-state index in [9.17, 15) is 14.4 Å². The van der Waals surface area contributed by atoms with Crippen LogP contribution < -0.4 is 0 Å².